The van der Waals surface area contributed by atoms with Crippen LogP contribution in [-0.4, -0.2) is 18.0 Å². The minimum Gasteiger partial charge on any atom is -1.00 e. The van der Waals surface area contributed by atoms with E-state index in [4.69, 9.17) is 9.73 Å². The van der Waals surface area contributed by atoms with E-state index < -0.39 is 5.72 Å². The van der Waals surface area contributed by atoms with Crippen molar-refractivity contribution in [2.75, 3.05) is 6.61 Å². The first-order valence-corrected chi connectivity index (χ1v) is 6.14. The predicted molar refractivity (Wildman–Crippen MR) is 68.9 cm³/mol. The summed E-state index contributed by atoms with van der Waals surface area (Å²) in [5.74, 6) is 1.05. The number of nitrogens with two attached hydrogens (primary N) is 1. The van der Waals surface area contributed by atoms with Crippen molar-refractivity contribution in [2.45, 2.75) is 39.0 Å². The third kappa shape index (κ3) is 2.30. The van der Waals surface area contributed by atoms with Crippen LogP contribution in [0.2, 0.25) is 0 Å². The van der Waals surface area contributed by atoms with Gasteiger partial charge < -0.3 is 17.1 Å². The Bertz CT molecular complexity index is 431. The number of aliphatic imine (C=N–C) groups is 1. The lowest BCUT2D eigenvalue weighted by molar-refractivity contribution is -0.629. The molecule has 0 radical (unpaired) electrons. The van der Waals surface area contributed by atoms with Gasteiger partial charge in [0.1, 0.15) is 0 Å². The maximum atomic E-state index is 6.04. The average molecular weight is 269 g/mol. The standard InChI is InChI=1S/C14H20N2O.ClH/c1-5-17-14(12-9-7-6-8-10-12)13(3,4)15-11(2)16-14;/h6-10H,5H2,1-4H3,(H,15,16);1H. The number of hydrogen-bond donors (Lipinski definition) is 1. The fraction of sp³-hybridized carbons (Fsp3) is 0.500. The zero-order chi connectivity index (χ0) is 12.5. The van der Waals surface area contributed by atoms with Gasteiger partial charge in [0, 0.05) is 19.1 Å². The molecule has 18 heavy (non-hydrogen) atoms. The van der Waals surface area contributed by atoms with Gasteiger partial charge in [0.25, 0.3) is 0 Å². The summed E-state index contributed by atoms with van der Waals surface area (Å²) < 4.78 is 6.04. The van der Waals surface area contributed by atoms with Gasteiger partial charge in [-0.2, -0.15) is 4.99 Å². The van der Waals surface area contributed by atoms with Gasteiger partial charge in [-0.15, -0.1) is 0 Å². The summed E-state index contributed by atoms with van der Waals surface area (Å²) >= 11 is 0. The minimum atomic E-state index is -0.562. The molecule has 100 valence electrons. The highest BCUT2D eigenvalue weighted by molar-refractivity contribution is 5.72. The van der Waals surface area contributed by atoms with E-state index in [0.717, 1.165) is 11.4 Å². The Labute approximate surface area is 115 Å². The molecule has 1 atom stereocenters. The number of amidine groups is 1. The van der Waals surface area contributed by atoms with Gasteiger partial charge in [-0.05, 0) is 20.8 Å². The minimum absolute atomic E-state index is 0. The molecule has 0 saturated heterocycles. The summed E-state index contributed by atoms with van der Waals surface area (Å²) in [5, 5.41) is 2.19. The maximum absolute atomic E-state index is 6.04. The molecule has 0 aromatic heterocycles. The van der Waals surface area contributed by atoms with Crippen LogP contribution in [0.5, 0.6) is 0 Å². The zero-order valence-corrected chi connectivity index (χ0v) is 12.2. The molecule has 0 aliphatic carbocycles. The lowest BCUT2D eigenvalue weighted by atomic mass is 9.85. The highest BCUT2D eigenvalue weighted by Crippen LogP contribution is 2.38. The van der Waals surface area contributed by atoms with Crippen LogP contribution in [0.4, 0.5) is 0 Å². The molecule has 0 amide bonds. The monoisotopic (exact) mass is 268 g/mol. The molecule has 1 unspecified atom stereocenters. The summed E-state index contributed by atoms with van der Waals surface area (Å²) in [5.41, 5.74) is 0.446. The van der Waals surface area contributed by atoms with Crippen LogP contribution in [0.1, 0.15) is 33.3 Å². The van der Waals surface area contributed by atoms with E-state index in [2.05, 4.69) is 31.3 Å². The van der Waals surface area contributed by atoms with Crippen molar-refractivity contribution in [3.05, 3.63) is 35.9 Å². The highest BCUT2D eigenvalue weighted by atomic mass is 35.5. The fourth-order valence-electron chi connectivity index (χ4n) is 2.66. The summed E-state index contributed by atoms with van der Waals surface area (Å²) in [4.78, 5) is 4.77. The van der Waals surface area contributed by atoms with Gasteiger partial charge in [0.2, 0.25) is 5.72 Å². The van der Waals surface area contributed by atoms with E-state index in [9.17, 15) is 0 Å². The van der Waals surface area contributed by atoms with E-state index in [0.29, 0.717) is 6.61 Å². The van der Waals surface area contributed by atoms with Crippen molar-refractivity contribution in [3.63, 3.8) is 0 Å². The van der Waals surface area contributed by atoms with E-state index in [-0.39, 0.29) is 17.9 Å². The number of halogens is 1. The molecule has 3 nitrogen and oxygen atoms in total. The van der Waals surface area contributed by atoms with Crippen molar-refractivity contribution in [1.82, 2.24) is 0 Å². The largest absolute Gasteiger partial charge is 1.00 e. The Kier molecular flexibility index (Phi) is 4.54. The molecule has 1 aliphatic heterocycles. The number of quaternary nitrogens is 1. The Morgan fingerprint density at radius 3 is 2.28 bits per heavy atom. The quantitative estimate of drug-likeness (QED) is 0.724. The highest BCUT2D eigenvalue weighted by Gasteiger charge is 2.55. The van der Waals surface area contributed by atoms with Gasteiger partial charge in [0.15, 0.2) is 11.4 Å². The number of benzene rings is 1. The molecule has 0 bridgehead atoms. The van der Waals surface area contributed by atoms with Crippen LogP contribution >= 0.6 is 0 Å². The topological polar surface area (TPSA) is 38.2 Å². The molecule has 2 N–H and O–H groups in total. The molecule has 4 heteroatoms. The predicted octanol–water partition coefficient (Wildman–Crippen LogP) is -1.35. The van der Waals surface area contributed by atoms with Crippen molar-refractivity contribution >= 4 is 5.84 Å². The Morgan fingerprint density at radius 1 is 1.22 bits per heavy atom. The van der Waals surface area contributed by atoms with Crippen molar-refractivity contribution < 1.29 is 22.5 Å². The molecule has 1 aliphatic rings. The van der Waals surface area contributed by atoms with Crippen LogP contribution in [0.3, 0.4) is 0 Å². The first kappa shape index (κ1) is 15.2. The first-order chi connectivity index (χ1) is 8.02. The summed E-state index contributed by atoms with van der Waals surface area (Å²) in [6.45, 7) is 9.06. The van der Waals surface area contributed by atoms with E-state index in [1.165, 1.54) is 0 Å². The molecule has 1 aromatic carbocycles. The third-order valence-corrected chi connectivity index (χ3v) is 3.30. The SMILES string of the molecule is CCOC1(c2ccccc2)N=C(C)[NH2+]C1(C)C.[Cl-]. The zero-order valence-electron chi connectivity index (χ0n) is 11.4. The van der Waals surface area contributed by atoms with Crippen LogP contribution in [0, 0.1) is 0 Å². The average Bonchev–Trinajstić information content (AvgIpc) is 2.51. The smallest absolute Gasteiger partial charge is 0.245 e. The molecule has 2 rings (SSSR count). The second kappa shape index (κ2) is 5.39. The molecular formula is C14H21ClN2O. The van der Waals surface area contributed by atoms with Crippen molar-refractivity contribution in [1.29, 1.82) is 0 Å². The Balaban J connectivity index is 0.00000162. The van der Waals surface area contributed by atoms with Gasteiger partial charge in [0.05, 0.1) is 0 Å². The van der Waals surface area contributed by atoms with E-state index in [1.54, 1.807) is 0 Å². The van der Waals surface area contributed by atoms with E-state index >= 15 is 0 Å². The molecule has 0 saturated carbocycles. The molecular weight excluding hydrogens is 248 g/mol. The van der Waals surface area contributed by atoms with Crippen LogP contribution in [-0.2, 0) is 10.5 Å². The lowest BCUT2D eigenvalue weighted by Crippen LogP contribution is -3.00. The Morgan fingerprint density at radius 2 is 1.83 bits per heavy atom. The summed E-state index contributed by atoms with van der Waals surface area (Å²) in [6, 6.07) is 10.3. The molecule has 0 fully saturated rings. The second-order valence-electron chi connectivity index (χ2n) is 5.06. The third-order valence-electron chi connectivity index (χ3n) is 3.30. The van der Waals surface area contributed by atoms with Crippen LogP contribution in [0.15, 0.2) is 35.3 Å². The maximum Gasteiger partial charge on any atom is 0.245 e. The van der Waals surface area contributed by atoms with Gasteiger partial charge in [-0.1, -0.05) is 30.3 Å². The van der Waals surface area contributed by atoms with Gasteiger partial charge in [-0.3, -0.25) is 5.32 Å². The normalized spacial score (nSPS) is 25.4. The van der Waals surface area contributed by atoms with Crippen LogP contribution < -0.4 is 17.7 Å². The molecule has 1 aromatic rings. The Hall–Kier alpha value is -0.900. The number of nitrogens with zero attached hydrogens (tertiary/aromatic N) is 1. The number of rotatable bonds is 3. The second-order valence-corrected chi connectivity index (χ2v) is 5.06. The summed E-state index contributed by atoms with van der Waals surface area (Å²) in [7, 11) is 0. The number of ether oxygens (including phenoxy) is 1. The van der Waals surface area contributed by atoms with Crippen molar-refractivity contribution in [2.24, 2.45) is 4.99 Å². The molecule has 1 heterocycles. The summed E-state index contributed by atoms with van der Waals surface area (Å²) in [6.07, 6.45) is 0. The lowest BCUT2D eigenvalue weighted by Gasteiger charge is -2.35. The van der Waals surface area contributed by atoms with Gasteiger partial charge >= 0.3 is 0 Å². The molecule has 0 spiro atoms. The van der Waals surface area contributed by atoms with E-state index in [1.807, 2.05) is 32.0 Å². The fourth-order valence-corrected chi connectivity index (χ4v) is 2.66. The first-order valence-electron chi connectivity index (χ1n) is 6.14. The number of hydrogen-bond acceptors (Lipinski definition) is 2. The van der Waals surface area contributed by atoms with Crippen molar-refractivity contribution in [3.8, 4) is 0 Å². The van der Waals surface area contributed by atoms with Gasteiger partial charge in [-0.25, -0.2) is 0 Å². The van der Waals surface area contributed by atoms with Crippen LogP contribution in [0.25, 0.3) is 0 Å².